The van der Waals surface area contributed by atoms with Crippen molar-refractivity contribution < 1.29 is 27.6 Å². The van der Waals surface area contributed by atoms with Gasteiger partial charge in [-0.15, -0.1) is 12.3 Å². The van der Waals surface area contributed by atoms with E-state index < -0.39 is 30.2 Å². The van der Waals surface area contributed by atoms with E-state index in [1.807, 2.05) is 32.3 Å². The zero-order valence-corrected chi connectivity index (χ0v) is 22.8. The van der Waals surface area contributed by atoms with Gasteiger partial charge in [-0.2, -0.15) is 0 Å². The van der Waals surface area contributed by atoms with E-state index in [0.717, 1.165) is 12.1 Å². The standard InChI is InChI=1S/C24H37N4O6P/c1-10-11-12-13-14-32-35(29,31-9)33-15-22(5)23(6,30-8)21(3,4)24(7,34-22)28-17-27-19-18(2)25-16-26-20(19)28/h1,16-17H,11-15H2,2-9H3/t22-,23?,24-,35?/m1/s1. The number of phosphoric acid groups is 1. The molecule has 0 saturated carbocycles. The molecule has 1 aliphatic heterocycles. The van der Waals surface area contributed by atoms with Crippen molar-refractivity contribution in [2.75, 3.05) is 27.4 Å². The Morgan fingerprint density at radius 3 is 2.46 bits per heavy atom. The number of unbranched alkanes of at least 4 members (excludes halogenated alkanes) is 2. The first-order chi connectivity index (χ1) is 16.3. The lowest BCUT2D eigenvalue weighted by Gasteiger charge is -2.46. The molecule has 2 aromatic heterocycles. The summed E-state index contributed by atoms with van der Waals surface area (Å²) in [6.45, 7) is 11.9. The minimum Gasteiger partial charge on any atom is -0.375 e. The number of hydrogen-bond acceptors (Lipinski definition) is 9. The van der Waals surface area contributed by atoms with Gasteiger partial charge in [-0.25, -0.2) is 19.5 Å². The van der Waals surface area contributed by atoms with Crippen LogP contribution in [-0.2, 0) is 33.3 Å². The second-order valence-electron chi connectivity index (χ2n) is 9.82. The summed E-state index contributed by atoms with van der Waals surface area (Å²) in [4.78, 5) is 13.3. The van der Waals surface area contributed by atoms with E-state index in [2.05, 4.69) is 34.7 Å². The Labute approximate surface area is 207 Å². The number of phosphoric ester groups is 1. The summed E-state index contributed by atoms with van der Waals surface area (Å²) in [5, 5.41) is 0. The molecule has 10 nitrogen and oxygen atoms in total. The fraction of sp³-hybridized carbons (Fsp3) is 0.708. The molecule has 2 aromatic rings. The monoisotopic (exact) mass is 508 g/mol. The van der Waals surface area contributed by atoms with Crippen LogP contribution in [-0.4, -0.2) is 58.2 Å². The second kappa shape index (κ2) is 9.89. The quantitative estimate of drug-likeness (QED) is 0.244. The minimum absolute atomic E-state index is 0.105. The number of hydrogen-bond donors (Lipinski definition) is 0. The predicted molar refractivity (Wildman–Crippen MR) is 132 cm³/mol. The van der Waals surface area contributed by atoms with Gasteiger partial charge in [0.1, 0.15) is 23.0 Å². The fourth-order valence-corrected chi connectivity index (χ4v) is 5.91. The highest BCUT2D eigenvalue weighted by Crippen LogP contribution is 2.62. The van der Waals surface area contributed by atoms with Crippen molar-refractivity contribution in [2.45, 2.75) is 77.7 Å². The first-order valence-corrected chi connectivity index (χ1v) is 13.1. The van der Waals surface area contributed by atoms with Crippen molar-refractivity contribution in [1.82, 2.24) is 19.5 Å². The number of imidazole rings is 1. The maximum absolute atomic E-state index is 13.1. The Hall–Kier alpha value is -1.86. The zero-order chi connectivity index (χ0) is 26.1. The van der Waals surface area contributed by atoms with Crippen LogP contribution in [0, 0.1) is 24.7 Å². The molecule has 0 bridgehead atoms. The predicted octanol–water partition coefficient (Wildman–Crippen LogP) is 4.62. The van der Waals surface area contributed by atoms with Crippen LogP contribution < -0.4 is 0 Å². The van der Waals surface area contributed by atoms with Crippen molar-refractivity contribution in [3.8, 4) is 12.3 Å². The van der Waals surface area contributed by atoms with Crippen molar-refractivity contribution in [3.05, 3.63) is 18.3 Å². The molecule has 1 aliphatic rings. The van der Waals surface area contributed by atoms with Gasteiger partial charge in [-0.3, -0.25) is 18.1 Å². The number of fused-ring (bicyclic) bond motifs is 1. The number of ether oxygens (including phenoxy) is 2. The first kappa shape index (κ1) is 27.7. The summed E-state index contributed by atoms with van der Waals surface area (Å²) in [6, 6.07) is 0. The molecular weight excluding hydrogens is 471 g/mol. The van der Waals surface area contributed by atoms with Crippen molar-refractivity contribution >= 4 is 19.0 Å². The molecule has 1 fully saturated rings. The highest BCUT2D eigenvalue weighted by atomic mass is 31.2. The van der Waals surface area contributed by atoms with E-state index in [4.69, 9.17) is 29.5 Å². The largest absolute Gasteiger partial charge is 0.474 e. The van der Waals surface area contributed by atoms with Crippen molar-refractivity contribution in [3.63, 3.8) is 0 Å². The summed E-state index contributed by atoms with van der Waals surface area (Å²) >= 11 is 0. The lowest BCUT2D eigenvalue weighted by molar-refractivity contribution is -0.183. The molecule has 4 atom stereocenters. The molecule has 194 valence electrons. The molecule has 3 heterocycles. The average molecular weight is 509 g/mol. The fourth-order valence-electron chi connectivity index (χ4n) is 4.87. The Kier molecular flexibility index (Phi) is 7.83. The second-order valence-corrected chi connectivity index (χ2v) is 11.6. The highest BCUT2D eigenvalue weighted by molar-refractivity contribution is 7.48. The lowest BCUT2D eigenvalue weighted by atomic mass is 9.65. The number of aromatic nitrogens is 4. The normalized spacial score (nSPS) is 29.8. The van der Waals surface area contributed by atoms with Crippen molar-refractivity contribution in [1.29, 1.82) is 0 Å². The van der Waals surface area contributed by atoms with Crippen LogP contribution in [0.15, 0.2) is 12.7 Å². The van der Waals surface area contributed by atoms with Crippen molar-refractivity contribution in [2.24, 2.45) is 5.41 Å². The van der Waals surface area contributed by atoms with E-state index >= 15 is 0 Å². The molecule has 2 unspecified atom stereocenters. The molecule has 0 N–H and O–H groups in total. The molecular formula is C24H37N4O6P. The van der Waals surface area contributed by atoms with Crippen LogP contribution >= 0.6 is 7.82 Å². The van der Waals surface area contributed by atoms with E-state index in [1.165, 1.54) is 13.4 Å². The molecule has 0 aromatic carbocycles. The number of rotatable bonds is 11. The summed E-state index contributed by atoms with van der Waals surface area (Å²) in [6.07, 6.45) is 10.5. The van der Waals surface area contributed by atoms with Crippen LogP contribution in [0.4, 0.5) is 0 Å². The number of aryl methyl sites for hydroxylation is 1. The summed E-state index contributed by atoms with van der Waals surface area (Å²) in [5.74, 6) is 2.57. The third-order valence-electron chi connectivity index (χ3n) is 7.86. The van der Waals surface area contributed by atoms with Crippen LogP contribution in [0.25, 0.3) is 11.2 Å². The van der Waals surface area contributed by atoms with E-state index in [-0.39, 0.29) is 13.2 Å². The maximum atomic E-state index is 13.1. The Balaban J connectivity index is 1.92. The third-order valence-corrected chi connectivity index (χ3v) is 9.25. The van der Waals surface area contributed by atoms with Gasteiger partial charge in [0.25, 0.3) is 0 Å². The maximum Gasteiger partial charge on any atom is 0.474 e. The summed E-state index contributed by atoms with van der Waals surface area (Å²) in [7, 11) is -0.902. The molecule has 3 rings (SSSR count). The molecule has 0 aliphatic carbocycles. The number of terminal acetylenes is 1. The van der Waals surface area contributed by atoms with E-state index in [0.29, 0.717) is 24.0 Å². The van der Waals surface area contributed by atoms with Gasteiger partial charge < -0.3 is 9.47 Å². The van der Waals surface area contributed by atoms with Gasteiger partial charge in [0, 0.05) is 26.1 Å². The van der Waals surface area contributed by atoms with Gasteiger partial charge in [0.05, 0.1) is 25.2 Å². The van der Waals surface area contributed by atoms with E-state index in [1.54, 1.807) is 13.4 Å². The average Bonchev–Trinajstić information content (AvgIpc) is 3.32. The molecule has 11 heteroatoms. The molecule has 0 spiro atoms. The van der Waals surface area contributed by atoms with Gasteiger partial charge in [0.2, 0.25) is 0 Å². The Morgan fingerprint density at radius 1 is 1.11 bits per heavy atom. The van der Waals surface area contributed by atoms with Gasteiger partial charge in [0.15, 0.2) is 11.4 Å². The van der Waals surface area contributed by atoms with Gasteiger partial charge in [-0.05, 0) is 40.5 Å². The zero-order valence-electron chi connectivity index (χ0n) is 22.0. The molecule has 35 heavy (non-hydrogen) atoms. The summed E-state index contributed by atoms with van der Waals surface area (Å²) in [5.41, 5.74) is -1.42. The number of methoxy groups -OCH3 is 1. The Morgan fingerprint density at radius 2 is 1.83 bits per heavy atom. The van der Waals surface area contributed by atoms with Crippen LogP contribution in [0.5, 0.6) is 0 Å². The third kappa shape index (κ3) is 4.43. The van der Waals surface area contributed by atoms with Gasteiger partial charge in [-0.1, -0.05) is 13.8 Å². The Bertz CT molecular complexity index is 1150. The van der Waals surface area contributed by atoms with Crippen LogP contribution in [0.2, 0.25) is 0 Å². The van der Waals surface area contributed by atoms with Crippen LogP contribution in [0.3, 0.4) is 0 Å². The lowest BCUT2D eigenvalue weighted by Crippen LogP contribution is -2.58. The molecule has 0 amide bonds. The van der Waals surface area contributed by atoms with Gasteiger partial charge >= 0.3 is 7.82 Å². The summed E-state index contributed by atoms with van der Waals surface area (Å²) < 4.78 is 44.4. The minimum atomic E-state index is -3.83. The topological polar surface area (TPSA) is 107 Å². The highest BCUT2D eigenvalue weighted by Gasteiger charge is 2.72. The number of nitrogens with zero attached hydrogens (tertiary/aromatic N) is 4. The van der Waals surface area contributed by atoms with E-state index in [9.17, 15) is 4.57 Å². The molecule has 0 radical (unpaired) electrons. The smallest absolute Gasteiger partial charge is 0.375 e. The molecule has 1 saturated heterocycles. The first-order valence-electron chi connectivity index (χ1n) is 11.6. The SMILES string of the molecule is C#CCCCCOP(=O)(OC)OC[C@@]1(C)O[C@@](C)(n2cnc3c(C)ncnc32)C(C)(C)C1(C)OC. The van der Waals surface area contributed by atoms with Crippen LogP contribution in [0.1, 0.15) is 59.6 Å².